The normalized spacial score (nSPS) is 7.44. The topological polar surface area (TPSA) is 28.7 Å². The van der Waals surface area contributed by atoms with E-state index in [1.54, 1.807) is 12.4 Å². The maximum Gasteiger partial charge on any atom is 0.118 e. The van der Waals surface area contributed by atoms with E-state index < -0.39 is 0 Å². The molecular weight excluding hydrogens is 208 g/mol. The zero-order valence-electron chi connectivity index (χ0n) is 4.69. The number of hydrogen-bond acceptors (Lipinski definition) is 1. The SMILES string of the molecule is C#CCc1ncc[nH]1.[Ag]. The quantitative estimate of drug-likeness (QED) is 0.537. The standard InChI is InChI=1S/C6H6N2.Ag/c1-2-3-6-7-4-5-8-6;/h1,4-5H,3H2,(H,7,8);. The molecule has 0 saturated heterocycles. The van der Waals surface area contributed by atoms with Gasteiger partial charge in [-0.3, -0.25) is 0 Å². The molecule has 1 heterocycles. The van der Waals surface area contributed by atoms with Crippen LogP contribution in [0.15, 0.2) is 12.4 Å². The van der Waals surface area contributed by atoms with Gasteiger partial charge >= 0.3 is 0 Å². The molecule has 1 aromatic heterocycles. The summed E-state index contributed by atoms with van der Waals surface area (Å²) in [5, 5.41) is 0. The van der Waals surface area contributed by atoms with Crippen molar-refractivity contribution in [2.75, 3.05) is 0 Å². The van der Waals surface area contributed by atoms with Gasteiger partial charge in [0, 0.05) is 34.8 Å². The fourth-order valence-electron chi connectivity index (χ4n) is 0.491. The molecule has 1 aromatic rings. The number of rotatable bonds is 1. The molecule has 0 aliphatic heterocycles. The van der Waals surface area contributed by atoms with Crippen LogP contribution in [0.2, 0.25) is 0 Å². The van der Waals surface area contributed by atoms with Crippen molar-refractivity contribution in [3.8, 4) is 12.3 Å². The molecule has 0 aliphatic rings. The van der Waals surface area contributed by atoms with E-state index in [1.165, 1.54) is 0 Å². The Morgan fingerprint density at radius 3 is 3.00 bits per heavy atom. The minimum atomic E-state index is 0. The third kappa shape index (κ3) is 2.52. The van der Waals surface area contributed by atoms with Crippen LogP contribution in [-0.2, 0) is 28.8 Å². The van der Waals surface area contributed by atoms with E-state index in [9.17, 15) is 0 Å². The van der Waals surface area contributed by atoms with E-state index >= 15 is 0 Å². The van der Waals surface area contributed by atoms with E-state index in [0.717, 1.165) is 5.82 Å². The number of nitrogens with zero attached hydrogens (tertiary/aromatic N) is 1. The van der Waals surface area contributed by atoms with Crippen LogP contribution in [0.4, 0.5) is 0 Å². The van der Waals surface area contributed by atoms with Gasteiger partial charge in [-0.15, -0.1) is 6.42 Å². The van der Waals surface area contributed by atoms with Crippen LogP contribution in [0.25, 0.3) is 0 Å². The number of aromatic nitrogens is 2. The van der Waals surface area contributed by atoms with Crippen molar-refractivity contribution in [3.05, 3.63) is 18.2 Å². The predicted molar refractivity (Wildman–Crippen MR) is 31.1 cm³/mol. The van der Waals surface area contributed by atoms with Crippen LogP contribution < -0.4 is 0 Å². The zero-order valence-corrected chi connectivity index (χ0v) is 6.17. The average Bonchev–Trinajstić information content (AvgIpc) is 2.19. The Bertz CT molecular complexity index is 185. The summed E-state index contributed by atoms with van der Waals surface area (Å²) in [5.41, 5.74) is 0. The van der Waals surface area contributed by atoms with Crippen LogP contribution in [0.3, 0.4) is 0 Å². The van der Waals surface area contributed by atoms with Crippen molar-refractivity contribution in [1.29, 1.82) is 0 Å². The summed E-state index contributed by atoms with van der Waals surface area (Å²) in [6.45, 7) is 0. The van der Waals surface area contributed by atoms with Gasteiger partial charge in [0.25, 0.3) is 0 Å². The first kappa shape index (κ1) is 8.51. The maximum absolute atomic E-state index is 5.01. The Morgan fingerprint density at radius 2 is 2.56 bits per heavy atom. The van der Waals surface area contributed by atoms with Crippen LogP contribution >= 0.6 is 0 Å². The largest absolute Gasteiger partial charge is 0.348 e. The fourth-order valence-corrected chi connectivity index (χ4v) is 0.491. The van der Waals surface area contributed by atoms with Gasteiger partial charge in [-0.2, -0.15) is 0 Å². The summed E-state index contributed by atoms with van der Waals surface area (Å²) in [6, 6.07) is 0. The molecule has 1 radical (unpaired) electrons. The minimum absolute atomic E-state index is 0. The van der Waals surface area contributed by atoms with Crippen molar-refractivity contribution in [1.82, 2.24) is 9.97 Å². The van der Waals surface area contributed by atoms with E-state index in [4.69, 9.17) is 6.42 Å². The van der Waals surface area contributed by atoms with Crippen LogP contribution in [-0.4, -0.2) is 9.97 Å². The number of imidazole rings is 1. The maximum atomic E-state index is 5.01. The minimum Gasteiger partial charge on any atom is -0.348 e. The molecule has 0 unspecified atom stereocenters. The summed E-state index contributed by atoms with van der Waals surface area (Å²) in [6.07, 6.45) is 9.04. The van der Waals surface area contributed by atoms with Gasteiger partial charge in [-0.25, -0.2) is 4.98 Å². The Hall–Kier alpha value is -0.490. The van der Waals surface area contributed by atoms with Gasteiger partial charge in [0.2, 0.25) is 0 Å². The van der Waals surface area contributed by atoms with Gasteiger partial charge < -0.3 is 4.98 Å². The first-order valence-corrected chi connectivity index (χ1v) is 2.35. The van der Waals surface area contributed by atoms with Crippen LogP contribution in [0, 0.1) is 12.3 Å². The molecule has 9 heavy (non-hydrogen) atoms. The average molecular weight is 214 g/mol. The first-order valence-electron chi connectivity index (χ1n) is 2.35. The van der Waals surface area contributed by atoms with E-state index in [-0.39, 0.29) is 22.4 Å². The molecule has 0 spiro atoms. The molecule has 1 N–H and O–H groups in total. The summed E-state index contributed by atoms with van der Waals surface area (Å²) in [4.78, 5) is 6.79. The fraction of sp³-hybridized carbons (Fsp3) is 0.167. The Labute approximate surface area is 69.6 Å². The Balaban J connectivity index is 0.000000640. The van der Waals surface area contributed by atoms with Crippen molar-refractivity contribution in [2.45, 2.75) is 6.42 Å². The molecule has 0 aliphatic carbocycles. The number of aromatic amines is 1. The zero-order chi connectivity index (χ0) is 5.82. The molecule has 1 rings (SSSR count). The molecule has 3 heteroatoms. The van der Waals surface area contributed by atoms with Gasteiger partial charge in [-0.1, -0.05) is 5.92 Å². The van der Waals surface area contributed by atoms with Gasteiger partial charge in [0.05, 0.1) is 6.42 Å². The third-order valence-electron chi connectivity index (χ3n) is 0.824. The Morgan fingerprint density at radius 1 is 1.78 bits per heavy atom. The predicted octanol–water partition coefficient (Wildman–Crippen LogP) is 0.583. The van der Waals surface area contributed by atoms with E-state index in [1.807, 2.05) is 0 Å². The van der Waals surface area contributed by atoms with Crippen molar-refractivity contribution in [2.24, 2.45) is 0 Å². The van der Waals surface area contributed by atoms with E-state index in [2.05, 4.69) is 15.9 Å². The molecule has 0 saturated carbocycles. The van der Waals surface area contributed by atoms with Crippen LogP contribution in [0.5, 0.6) is 0 Å². The first-order chi connectivity index (χ1) is 3.93. The molecule has 0 fully saturated rings. The number of H-pyrrole nitrogens is 1. The second kappa shape index (κ2) is 4.40. The van der Waals surface area contributed by atoms with Crippen LogP contribution in [0.1, 0.15) is 5.82 Å². The summed E-state index contributed by atoms with van der Waals surface area (Å²) >= 11 is 0. The number of terminal acetylenes is 1. The molecule has 0 aromatic carbocycles. The van der Waals surface area contributed by atoms with Crippen molar-refractivity contribution < 1.29 is 22.4 Å². The molecule has 0 atom stereocenters. The number of nitrogens with one attached hydrogen (secondary N) is 1. The summed E-state index contributed by atoms with van der Waals surface area (Å²) in [5.74, 6) is 3.33. The molecule has 51 valence electrons. The molecule has 2 nitrogen and oxygen atoms in total. The number of hydrogen-bond donors (Lipinski definition) is 1. The summed E-state index contributed by atoms with van der Waals surface area (Å²) < 4.78 is 0. The smallest absolute Gasteiger partial charge is 0.118 e. The molecule has 0 bridgehead atoms. The van der Waals surface area contributed by atoms with Gasteiger partial charge in [0.1, 0.15) is 5.82 Å². The molecule has 0 amide bonds. The van der Waals surface area contributed by atoms with Gasteiger partial charge in [-0.05, 0) is 0 Å². The Kier molecular flexibility index (Phi) is 4.16. The third-order valence-corrected chi connectivity index (χ3v) is 0.824. The van der Waals surface area contributed by atoms with Crippen molar-refractivity contribution >= 4 is 0 Å². The second-order valence-electron chi connectivity index (χ2n) is 1.42. The molecular formula is C6H6AgN2. The summed E-state index contributed by atoms with van der Waals surface area (Å²) in [7, 11) is 0. The monoisotopic (exact) mass is 213 g/mol. The van der Waals surface area contributed by atoms with Crippen molar-refractivity contribution in [3.63, 3.8) is 0 Å². The van der Waals surface area contributed by atoms with Gasteiger partial charge in [0.15, 0.2) is 0 Å². The second-order valence-corrected chi connectivity index (χ2v) is 1.42. The van der Waals surface area contributed by atoms with E-state index in [0.29, 0.717) is 6.42 Å².